The van der Waals surface area contributed by atoms with Crippen LogP contribution >= 0.6 is 11.6 Å². The van der Waals surface area contributed by atoms with Crippen molar-refractivity contribution in [1.29, 1.82) is 0 Å². The summed E-state index contributed by atoms with van der Waals surface area (Å²) in [6, 6.07) is 6.67. The molecular formula is C13H10ClF2NO. The van der Waals surface area contributed by atoms with Gasteiger partial charge in [-0.05, 0) is 24.6 Å². The highest BCUT2D eigenvalue weighted by atomic mass is 35.5. The lowest BCUT2D eigenvalue weighted by Gasteiger charge is -2.10. The molecule has 0 atom stereocenters. The van der Waals surface area contributed by atoms with Crippen LogP contribution in [0.3, 0.4) is 0 Å². The summed E-state index contributed by atoms with van der Waals surface area (Å²) >= 11 is 5.62. The minimum atomic E-state index is -0.647. The first-order valence-electron chi connectivity index (χ1n) is 5.16. The average molecular weight is 270 g/mol. The molecule has 94 valence electrons. The van der Waals surface area contributed by atoms with Gasteiger partial charge in [0.05, 0.1) is 10.7 Å². The molecule has 0 aromatic heterocycles. The normalized spacial score (nSPS) is 10.4. The van der Waals surface area contributed by atoms with E-state index in [4.69, 9.17) is 22.1 Å². The molecule has 18 heavy (non-hydrogen) atoms. The zero-order valence-corrected chi connectivity index (χ0v) is 10.3. The standard InChI is InChI=1S/C13H10ClF2NO/c1-7-2-3-9(15)12(4-7)18-13-5-8(14)10(16)6-11(13)17/h2-6H,17H2,1H3. The molecule has 0 aliphatic rings. The number of benzene rings is 2. The van der Waals surface area contributed by atoms with Crippen molar-refractivity contribution in [2.45, 2.75) is 6.92 Å². The molecule has 5 heteroatoms. The molecule has 0 unspecified atom stereocenters. The van der Waals surface area contributed by atoms with Crippen LogP contribution < -0.4 is 10.5 Å². The van der Waals surface area contributed by atoms with E-state index in [0.717, 1.165) is 11.6 Å². The van der Waals surface area contributed by atoms with Crippen LogP contribution in [-0.4, -0.2) is 0 Å². The third-order valence-corrected chi connectivity index (χ3v) is 2.65. The van der Waals surface area contributed by atoms with Gasteiger partial charge in [-0.1, -0.05) is 17.7 Å². The fraction of sp³-hybridized carbons (Fsp3) is 0.0769. The van der Waals surface area contributed by atoms with E-state index in [9.17, 15) is 8.78 Å². The summed E-state index contributed by atoms with van der Waals surface area (Å²) in [5.41, 5.74) is 6.47. The molecule has 2 aromatic carbocycles. The topological polar surface area (TPSA) is 35.2 Å². The Labute approximate surface area is 108 Å². The average Bonchev–Trinajstić information content (AvgIpc) is 2.30. The number of anilines is 1. The number of ether oxygens (including phenoxy) is 1. The van der Waals surface area contributed by atoms with Gasteiger partial charge < -0.3 is 10.5 Å². The van der Waals surface area contributed by atoms with Crippen molar-refractivity contribution in [3.8, 4) is 11.5 Å². The van der Waals surface area contributed by atoms with Crippen molar-refractivity contribution in [3.05, 3.63) is 52.6 Å². The van der Waals surface area contributed by atoms with Gasteiger partial charge in [0.25, 0.3) is 0 Å². The second-order valence-electron chi connectivity index (χ2n) is 3.84. The van der Waals surface area contributed by atoms with Crippen LogP contribution in [0, 0.1) is 18.6 Å². The predicted octanol–water partition coefficient (Wildman–Crippen LogP) is 4.30. The number of hydrogen-bond donors (Lipinski definition) is 1. The van der Waals surface area contributed by atoms with Crippen molar-refractivity contribution in [1.82, 2.24) is 0 Å². The molecule has 2 nitrogen and oxygen atoms in total. The summed E-state index contributed by atoms with van der Waals surface area (Å²) in [5.74, 6) is -1.04. The fourth-order valence-corrected chi connectivity index (χ4v) is 1.59. The minimum absolute atomic E-state index is 0.0179. The molecule has 0 fully saturated rings. The van der Waals surface area contributed by atoms with E-state index < -0.39 is 11.6 Å². The van der Waals surface area contributed by atoms with Gasteiger partial charge in [-0.2, -0.15) is 0 Å². The van der Waals surface area contributed by atoms with Crippen molar-refractivity contribution in [2.75, 3.05) is 5.73 Å². The second-order valence-corrected chi connectivity index (χ2v) is 4.25. The number of hydrogen-bond acceptors (Lipinski definition) is 2. The second kappa shape index (κ2) is 4.82. The third kappa shape index (κ3) is 2.54. The van der Waals surface area contributed by atoms with Gasteiger partial charge in [0.15, 0.2) is 17.3 Å². The van der Waals surface area contributed by atoms with E-state index >= 15 is 0 Å². The van der Waals surface area contributed by atoms with Gasteiger partial charge in [0.1, 0.15) is 5.82 Å². The molecule has 0 heterocycles. The molecule has 0 saturated heterocycles. The van der Waals surface area contributed by atoms with E-state index in [1.54, 1.807) is 13.0 Å². The molecule has 2 aromatic rings. The predicted molar refractivity (Wildman–Crippen MR) is 67.0 cm³/mol. The summed E-state index contributed by atoms with van der Waals surface area (Å²) in [6.07, 6.45) is 0. The Hall–Kier alpha value is -1.81. The quantitative estimate of drug-likeness (QED) is 0.825. The molecule has 0 radical (unpaired) electrons. The molecule has 2 rings (SSSR count). The maximum atomic E-state index is 13.5. The lowest BCUT2D eigenvalue weighted by Crippen LogP contribution is -1.95. The van der Waals surface area contributed by atoms with Gasteiger partial charge in [-0.3, -0.25) is 0 Å². The first-order chi connectivity index (χ1) is 8.47. The lowest BCUT2D eigenvalue weighted by atomic mass is 10.2. The van der Waals surface area contributed by atoms with Crippen LogP contribution in [0.25, 0.3) is 0 Å². The number of rotatable bonds is 2. The van der Waals surface area contributed by atoms with Crippen LogP contribution in [0.15, 0.2) is 30.3 Å². The van der Waals surface area contributed by atoms with Gasteiger partial charge in [-0.25, -0.2) is 8.78 Å². The molecule has 0 spiro atoms. The molecule has 0 amide bonds. The largest absolute Gasteiger partial charge is 0.452 e. The van der Waals surface area contributed by atoms with E-state index in [1.165, 1.54) is 18.2 Å². The number of aryl methyl sites for hydroxylation is 1. The molecule has 0 aliphatic heterocycles. The Morgan fingerprint density at radius 2 is 1.78 bits per heavy atom. The summed E-state index contributed by atoms with van der Waals surface area (Å²) < 4.78 is 31.9. The van der Waals surface area contributed by atoms with Crippen LogP contribution in [0.5, 0.6) is 11.5 Å². The smallest absolute Gasteiger partial charge is 0.165 e. The molecular weight excluding hydrogens is 260 g/mol. The Morgan fingerprint density at radius 1 is 1.06 bits per heavy atom. The highest BCUT2D eigenvalue weighted by molar-refractivity contribution is 6.31. The van der Waals surface area contributed by atoms with E-state index in [2.05, 4.69) is 0 Å². The Kier molecular flexibility index (Phi) is 3.39. The van der Waals surface area contributed by atoms with Crippen LogP contribution in [0.4, 0.5) is 14.5 Å². The summed E-state index contributed by atoms with van der Waals surface area (Å²) in [7, 11) is 0. The van der Waals surface area contributed by atoms with Gasteiger partial charge in [0, 0.05) is 12.1 Å². The zero-order chi connectivity index (χ0) is 13.3. The third-order valence-electron chi connectivity index (χ3n) is 2.36. The lowest BCUT2D eigenvalue weighted by molar-refractivity contribution is 0.442. The highest BCUT2D eigenvalue weighted by Crippen LogP contribution is 2.33. The van der Waals surface area contributed by atoms with Gasteiger partial charge >= 0.3 is 0 Å². The monoisotopic (exact) mass is 269 g/mol. The van der Waals surface area contributed by atoms with E-state index in [1.807, 2.05) is 0 Å². The fourth-order valence-electron chi connectivity index (χ4n) is 1.44. The molecule has 0 bridgehead atoms. The van der Waals surface area contributed by atoms with Crippen molar-refractivity contribution in [3.63, 3.8) is 0 Å². The van der Waals surface area contributed by atoms with Crippen LogP contribution in [-0.2, 0) is 0 Å². The molecule has 0 aliphatic carbocycles. The summed E-state index contributed by atoms with van der Waals surface area (Å²) in [6.45, 7) is 1.80. The summed E-state index contributed by atoms with van der Waals surface area (Å²) in [5, 5.41) is -0.132. The van der Waals surface area contributed by atoms with Crippen molar-refractivity contribution >= 4 is 17.3 Å². The number of halogens is 3. The first kappa shape index (κ1) is 12.6. The summed E-state index contributed by atoms with van der Waals surface area (Å²) in [4.78, 5) is 0. The Morgan fingerprint density at radius 3 is 2.50 bits per heavy atom. The number of nitrogens with two attached hydrogens (primary N) is 1. The van der Waals surface area contributed by atoms with Crippen LogP contribution in [0.1, 0.15) is 5.56 Å². The van der Waals surface area contributed by atoms with Crippen LogP contribution in [0.2, 0.25) is 5.02 Å². The van der Waals surface area contributed by atoms with Crippen molar-refractivity contribution in [2.24, 2.45) is 0 Å². The Balaban J connectivity index is 2.40. The maximum Gasteiger partial charge on any atom is 0.165 e. The first-order valence-corrected chi connectivity index (χ1v) is 5.53. The molecule has 0 saturated carbocycles. The minimum Gasteiger partial charge on any atom is -0.452 e. The van der Waals surface area contributed by atoms with E-state index in [-0.39, 0.29) is 22.2 Å². The van der Waals surface area contributed by atoms with E-state index in [0.29, 0.717) is 0 Å². The van der Waals surface area contributed by atoms with Crippen molar-refractivity contribution < 1.29 is 13.5 Å². The van der Waals surface area contributed by atoms with Gasteiger partial charge in [-0.15, -0.1) is 0 Å². The Bertz CT molecular complexity index is 602. The van der Waals surface area contributed by atoms with Gasteiger partial charge in [0.2, 0.25) is 0 Å². The molecule has 2 N–H and O–H groups in total. The highest BCUT2D eigenvalue weighted by Gasteiger charge is 2.11. The zero-order valence-electron chi connectivity index (χ0n) is 9.51. The number of nitrogen functional groups attached to an aromatic ring is 1. The maximum absolute atomic E-state index is 13.5. The SMILES string of the molecule is Cc1ccc(F)c(Oc2cc(Cl)c(F)cc2N)c1.